The van der Waals surface area contributed by atoms with Crippen molar-refractivity contribution < 1.29 is 22.7 Å². The highest BCUT2D eigenvalue weighted by molar-refractivity contribution is 7.99. The van der Waals surface area contributed by atoms with Gasteiger partial charge in [-0.25, -0.2) is 13.4 Å². The lowest BCUT2D eigenvalue weighted by atomic mass is 9.87. The molecule has 0 saturated heterocycles. The third-order valence-electron chi connectivity index (χ3n) is 4.69. The molecule has 0 spiro atoms. The van der Waals surface area contributed by atoms with Gasteiger partial charge in [-0.1, -0.05) is 56.8 Å². The van der Waals surface area contributed by atoms with Gasteiger partial charge in [-0.15, -0.1) is 0 Å². The molecular formula is C23H25N3O5S2. The zero-order valence-corrected chi connectivity index (χ0v) is 20.6. The summed E-state index contributed by atoms with van der Waals surface area (Å²) in [6, 6.07) is 13.8. The van der Waals surface area contributed by atoms with E-state index in [2.05, 4.69) is 14.7 Å². The van der Waals surface area contributed by atoms with E-state index in [0.29, 0.717) is 21.8 Å². The van der Waals surface area contributed by atoms with Crippen LogP contribution in [0.5, 0.6) is 11.6 Å². The fraction of sp³-hybridized carbons (Fsp3) is 0.261. The van der Waals surface area contributed by atoms with E-state index in [1.807, 2.05) is 32.9 Å². The van der Waals surface area contributed by atoms with Crippen LogP contribution in [0.3, 0.4) is 0 Å². The molecule has 0 amide bonds. The monoisotopic (exact) mass is 487 g/mol. The number of rotatable bonds is 8. The SMILES string of the molecule is COc1ccccc1Sc1c(NS(=O)(=O)c2ccc(C(C)(C)C)cc2)nc(C=O)nc1OC. The van der Waals surface area contributed by atoms with E-state index in [4.69, 9.17) is 9.47 Å². The van der Waals surface area contributed by atoms with Gasteiger partial charge in [0.05, 0.1) is 24.0 Å². The van der Waals surface area contributed by atoms with Crippen molar-refractivity contribution in [3.63, 3.8) is 0 Å². The van der Waals surface area contributed by atoms with Crippen LogP contribution < -0.4 is 14.2 Å². The Bertz CT molecular complexity index is 1250. The fourth-order valence-electron chi connectivity index (χ4n) is 2.93. The number of aromatic nitrogens is 2. The number of aldehydes is 1. The molecule has 1 N–H and O–H groups in total. The molecule has 0 aliphatic carbocycles. The fourth-order valence-corrected chi connectivity index (χ4v) is 5.04. The summed E-state index contributed by atoms with van der Waals surface area (Å²) >= 11 is 1.16. The maximum atomic E-state index is 13.2. The summed E-state index contributed by atoms with van der Waals surface area (Å²) in [6.07, 6.45) is 0.427. The first-order valence-corrected chi connectivity index (χ1v) is 12.2. The van der Waals surface area contributed by atoms with E-state index in [9.17, 15) is 13.2 Å². The smallest absolute Gasteiger partial charge is 0.263 e. The van der Waals surface area contributed by atoms with Crippen LogP contribution in [-0.2, 0) is 15.4 Å². The van der Waals surface area contributed by atoms with Gasteiger partial charge in [0.1, 0.15) is 10.6 Å². The number of hydrogen-bond donors (Lipinski definition) is 1. The summed E-state index contributed by atoms with van der Waals surface area (Å²) in [4.78, 5) is 20.6. The number of sulfonamides is 1. The Balaban J connectivity index is 2.06. The molecule has 0 unspecified atom stereocenters. The topological polar surface area (TPSA) is 107 Å². The lowest BCUT2D eigenvalue weighted by Crippen LogP contribution is -2.17. The third kappa shape index (κ3) is 5.63. The van der Waals surface area contributed by atoms with Crippen molar-refractivity contribution in [1.29, 1.82) is 0 Å². The number of hydrogen-bond acceptors (Lipinski definition) is 8. The van der Waals surface area contributed by atoms with Crippen LogP contribution in [0.15, 0.2) is 63.2 Å². The lowest BCUT2D eigenvalue weighted by Gasteiger charge is -2.19. The normalized spacial score (nSPS) is 11.7. The van der Waals surface area contributed by atoms with Crippen molar-refractivity contribution in [1.82, 2.24) is 9.97 Å². The van der Waals surface area contributed by atoms with E-state index >= 15 is 0 Å². The van der Waals surface area contributed by atoms with Gasteiger partial charge < -0.3 is 9.47 Å². The standard InChI is InChI=1S/C23H25N3O5S2/c1-23(2,3)15-10-12-16(13-11-15)33(28,29)26-21-20(22(31-5)25-19(14-27)24-21)32-18-9-7-6-8-17(18)30-4/h6-14H,1-5H3,(H,24,25,26). The number of methoxy groups -OCH3 is 2. The second-order valence-corrected chi connectivity index (χ2v) is 10.8. The van der Waals surface area contributed by atoms with Crippen molar-refractivity contribution in [2.75, 3.05) is 18.9 Å². The summed E-state index contributed by atoms with van der Waals surface area (Å²) in [5.74, 6) is 0.358. The van der Waals surface area contributed by atoms with E-state index in [-0.39, 0.29) is 27.8 Å². The molecule has 0 aliphatic heterocycles. The first kappa shape index (κ1) is 24.5. The lowest BCUT2D eigenvalue weighted by molar-refractivity contribution is 0.111. The molecule has 174 valence electrons. The predicted octanol–water partition coefficient (Wildman–Crippen LogP) is 4.56. The highest BCUT2D eigenvalue weighted by Gasteiger charge is 2.24. The van der Waals surface area contributed by atoms with Gasteiger partial charge >= 0.3 is 0 Å². The van der Waals surface area contributed by atoms with Crippen molar-refractivity contribution >= 4 is 33.9 Å². The maximum Gasteiger partial charge on any atom is 0.263 e. The number of nitrogens with one attached hydrogen (secondary N) is 1. The Morgan fingerprint density at radius 2 is 1.64 bits per heavy atom. The zero-order chi connectivity index (χ0) is 24.2. The van der Waals surface area contributed by atoms with Crippen LogP contribution in [0.4, 0.5) is 5.82 Å². The molecule has 0 fully saturated rings. The number of benzene rings is 2. The average Bonchev–Trinajstić information content (AvgIpc) is 2.79. The van der Waals surface area contributed by atoms with Gasteiger partial charge in [-0.05, 0) is 35.2 Å². The molecule has 0 radical (unpaired) electrons. The number of ether oxygens (including phenoxy) is 2. The van der Waals surface area contributed by atoms with E-state index in [1.54, 1.807) is 24.3 Å². The molecule has 0 bridgehead atoms. The molecule has 33 heavy (non-hydrogen) atoms. The van der Waals surface area contributed by atoms with E-state index in [1.165, 1.54) is 26.4 Å². The predicted molar refractivity (Wildman–Crippen MR) is 127 cm³/mol. The third-order valence-corrected chi connectivity index (χ3v) is 7.18. The second-order valence-electron chi connectivity index (χ2n) is 8.02. The number of carbonyl (C=O) groups is 1. The van der Waals surface area contributed by atoms with Crippen molar-refractivity contribution in [2.24, 2.45) is 0 Å². The molecule has 0 aliphatic rings. The first-order chi connectivity index (χ1) is 15.6. The molecule has 0 atom stereocenters. The van der Waals surface area contributed by atoms with Gasteiger partial charge in [0.2, 0.25) is 5.88 Å². The van der Waals surface area contributed by atoms with Crippen molar-refractivity contribution in [2.45, 2.75) is 40.9 Å². The minimum atomic E-state index is -4.01. The Kier molecular flexibility index (Phi) is 7.28. The Morgan fingerprint density at radius 1 is 0.970 bits per heavy atom. The van der Waals surface area contributed by atoms with E-state index in [0.717, 1.165) is 17.3 Å². The largest absolute Gasteiger partial charge is 0.496 e. The number of carbonyl (C=O) groups excluding carboxylic acids is 1. The quantitative estimate of drug-likeness (QED) is 0.461. The van der Waals surface area contributed by atoms with Crippen molar-refractivity contribution in [3.8, 4) is 11.6 Å². The molecule has 1 heterocycles. The van der Waals surface area contributed by atoms with Crippen LogP contribution in [-0.4, -0.2) is 38.9 Å². The van der Waals surface area contributed by atoms with Crippen LogP contribution in [0.2, 0.25) is 0 Å². The summed E-state index contributed by atoms with van der Waals surface area (Å²) in [5, 5.41) is 0. The van der Waals surface area contributed by atoms with Crippen LogP contribution in [0.25, 0.3) is 0 Å². The maximum absolute atomic E-state index is 13.2. The molecule has 0 saturated carbocycles. The molecule has 2 aromatic carbocycles. The summed E-state index contributed by atoms with van der Waals surface area (Å²) in [7, 11) is -1.10. The number of nitrogens with zero attached hydrogens (tertiary/aromatic N) is 2. The minimum absolute atomic E-state index is 0.0591. The molecule has 10 heteroatoms. The zero-order valence-electron chi connectivity index (χ0n) is 18.9. The Morgan fingerprint density at radius 3 is 2.21 bits per heavy atom. The Hall–Kier alpha value is -3.11. The minimum Gasteiger partial charge on any atom is -0.496 e. The summed E-state index contributed by atoms with van der Waals surface area (Å²) < 4.78 is 39.5. The van der Waals surface area contributed by atoms with Gasteiger partial charge in [0.15, 0.2) is 17.9 Å². The van der Waals surface area contributed by atoms with Gasteiger partial charge in [-0.3, -0.25) is 9.52 Å². The summed E-state index contributed by atoms with van der Waals surface area (Å²) in [5.41, 5.74) is 0.883. The highest BCUT2D eigenvalue weighted by atomic mass is 32.2. The van der Waals surface area contributed by atoms with Gasteiger partial charge in [0.25, 0.3) is 10.0 Å². The highest BCUT2D eigenvalue weighted by Crippen LogP contribution is 2.42. The second kappa shape index (κ2) is 9.80. The number of anilines is 1. The average molecular weight is 488 g/mol. The van der Waals surface area contributed by atoms with Crippen LogP contribution >= 0.6 is 11.8 Å². The molecule has 3 rings (SSSR count). The van der Waals surface area contributed by atoms with Gasteiger partial charge in [-0.2, -0.15) is 4.98 Å². The molecule has 3 aromatic rings. The molecule has 8 nitrogen and oxygen atoms in total. The van der Waals surface area contributed by atoms with E-state index < -0.39 is 10.0 Å². The van der Waals surface area contributed by atoms with Crippen LogP contribution in [0.1, 0.15) is 37.0 Å². The van der Waals surface area contributed by atoms with Gasteiger partial charge in [0, 0.05) is 0 Å². The summed E-state index contributed by atoms with van der Waals surface area (Å²) in [6.45, 7) is 6.14. The molecule has 1 aromatic heterocycles. The number of para-hydroxylation sites is 1. The molecular weight excluding hydrogens is 462 g/mol. The van der Waals surface area contributed by atoms with Crippen molar-refractivity contribution in [3.05, 3.63) is 59.9 Å². The first-order valence-electron chi connectivity index (χ1n) is 9.94. The van der Waals surface area contributed by atoms with Crippen LogP contribution in [0, 0.1) is 0 Å². The Labute approximate surface area is 197 Å².